The van der Waals surface area contributed by atoms with Gasteiger partial charge < -0.3 is 4.90 Å². The van der Waals surface area contributed by atoms with Crippen molar-refractivity contribution < 1.29 is 4.79 Å². The maximum atomic E-state index is 11.2. The molecule has 0 aliphatic heterocycles. The Morgan fingerprint density at radius 3 is 2.71 bits per heavy atom. The second-order valence-electron chi connectivity index (χ2n) is 3.98. The van der Waals surface area contributed by atoms with Crippen molar-refractivity contribution in [1.29, 1.82) is 0 Å². The molecular weight excluding hydrogens is 234 g/mol. The number of thiazole rings is 1. The van der Waals surface area contributed by atoms with Crippen LogP contribution in [0.4, 0.5) is 5.82 Å². The van der Waals surface area contributed by atoms with Gasteiger partial charge in [-0.3, -0.25) is 9.20 Å². The van der Waals surface area contributed by atoms with E-state index in [1.807, 2.05) is 16.0 Å². The van der Waals surface area contributed by atoms with Crippen molar-refractivity contribution in [2.45, 2.75) is 26.7 Å². The highest BCUT2D eigenvalue weighted by molar-refractivity contribution is 7.15. The number of hydrogen-bond acceptors (Lipinski definition) is 4. The lowest BCUT2D eigenvalue weighted by molar-refractivity contribution is 0.111. The third kappa shape index (κ3) is 2.20. The fourth-order valence-corrected chi connectivity index (χ4v) is 2.71. The van der Waals surface area contributed by atoms with Crippen molar-refractivity contribution in [3.8, 4) is 0 Å². The standard InChI is InChI=1S/C12H17N3OS/c1-3-5-14(6-4-2)11-10(9-16)15-7-8-17-12(15)13-11/h7-9H,3-6H2,1-2H3. The zero-order valence-electron chi connectivity index (χ0n) is 10.2. The third-order valence-electron chi connectivity index (χ3n) is 2.68. The van der Waals surface area contributed by atoms with E-state index in [4.69, 9.17) is 0 Å². The van der Waals surface area contributed by atoms with Gasteiger partial charge >= 0.3 is 0 Å². The molecule has 0 atom stereocenters. The molecule has 0 aromatic carbocycles. The SMILES string of the molecule is CCCN(CCC)c1nc2sccn2c1C=O. The number of nitrogens with zero attached hydrogens (tertiary/aromatic N) is 3. The Hall–Kier alpha value is -1.36. The Balaban J connectivity index is 2.43. The summed E-state index contributed by atoms with van der Waals surface area (Å²) in [4.78, 5) is 18.9. The molecule has 0 radical (unpaired) electrons. The van der Waals surface area contributed by atoms with E-state index in [-0.39, 0.29) is 0 Å². The summed E-state index contributed by atoms with van der Waals surface area (Å²) in [6.45, 7) is 6.17. The van der Waals surface area contributed by atoms with Crippen LogP contribution in [0.1, 0.15) is 37.2 Å². The Morgan fingerprint density at radius 2 is 2.12 bits per heavy atom. The van der Waals surface area contributed by atoms with E-state index in [9.17, 15) is 4.79 Å². The highest BCUT2D eigenvalue weighted by atomic mass is 32.1. The first-order chi connectivity index (χ1) is 8.31. The molecule has 0 spiro atoms. The summed E-state index contributed by atoms with van der Waals surface area (Å²) in [5.74, 6) is 0.829. The smallest absolute Gasteiger partial charge is 0.196 e. The minimum absolute atomic E-state index is 0.670. The fourth-order valence-electron chi connectivity index (χ4n) is 2.00. The number of hydrogen-bond donors (Lipinski definition) is 0. The predicted molar refractivity (Wildman–Crippen MR) is 71.3 cm³/mol. The number of anilines is 1. The van der Waals surface area contributed by atoms with Crippen LogP contribution < -0.4 is 4.90 Å². The number of rotatable bonds is 6. The van der Waals surface area contributed by atoms with Gasteiger partial charge in [0.05, 0.1) is 0 Å². The summed E-state index contributed by atoms with van der Waals surface area (Å²) in [5, 5.41) is 1.95. The van der Waals surface area contributed by atoms with Crippen LogP contribution in [0, 0.1) is 0 Å². The topological polar surface area (TPSA) is 37.6 Å². The average molecular weight is 251 g/mol. The molecule has 0 aliphatic carbocycles. The zero-order chi connectivity index (χ0) is 12.3. The minimum Gasteiger partial charge on any atom is -0.355 e. The van der Waals surface area contributed by atoms with E-state index in [0.29, 0.717) is 5.69 Å². The third-order valence-corrected chi connectivity index (χ3v) is 3.43. The molecule has 0 bridgehead atoms. The predicted octanol–water partition coefficient (Wildman–Crippen LogP) is 2.83. The van der Waals surface area contributed by atoms with Crippen molar-refractivity contribution in [2.24, 2.45) is 0 Å². The molecule has 2 rings (SSSR count). The highest BCUT2D eigenvalue weighted by Gasteiger charge is 2.17. The second kappa shape index (κ2) is 5.31. The molecule has 0 saturated heterocycles. The van der Waals surface area contributed by atoms with E-state index in [0.717, 1.165) is 43.0 Å². The second-order valence-corrected chi connectivity index (χ2v) is 4.85. The van der Waals surface area contributed by atoms with E-state index in [1.165, 1.54) is 0 Å². The molecule has 0 N–H and O–H groups in total. The Bertz CT molecular complexity index is 497. The lowest BCUT2D eigenvalue weighted by Crippen LogP contribution is -2.26. The Kier molecular flexibility index (Phi) is 3.78. The molecule has 5 heteroatoms. The Labute approximate surface area is 105 Å². The molecular formula is C12H17N3OS. The Morgan fingerprint density at radius 1 is 1.41 bits per heavy atom. The normalized spacial score (nSPS) is 10.9. The van der Waals surface area contributed by atoms with Crippen LogP contribution in [0.25, 0.3) is 4.96 Å². The maximum Gasteiger partial charge on any atom is 0.196 e. The van der Waals surface area contributed by atoms with Crippen molar-refractivity contribution in [3.05, 3.63) is 17.3 Å². The molecule has 92 valence electrons. The lowest BCUT2D eigenvalue weighted by Gasteiger charge is -2.21. The van der Waals surface area contributed by atoms with Gasteiger partial charge in [-0.15, -0.1) is 11.3 Å². The van der Waals surface area contributed by atoms with E-state index < -0.39 is 0 Å². The minimum atomic E-state index is 0.670. The van der Waals surface area contributed by atoms with Gasteiger partial charge in [0, 0.05) is 24.7 Å². The van der Waals surface area contributed by atoms with Crippen LogP contribution >= 0.6 is 11.3 Å². The average Bonchev–Trinajstić information content (AvgIpc) is 2.87. The van der Waals surface area contributed by atoms with Crippen LogP contribution in [0.2, 0.25) is 0 Å². The largest absolute Gasteiger partial charge is 0.355 e. The number of imidazole rings is 1. The first kappa shape index (κ1) is 12.1. The van der Waals surface area contributed by atoms with Crippen LogP contribution in [0.5, 0.6) is 0 Å². The van der Waals surface area contributed by atoms with Gasteiger partial charge in [0.2, 0.25) is 0 Å². The lowest BCUT2D eigenvalue weighted by atomic mass is 10.3. The molecule has 4 nitrogen and oxygen atoms in total. The molecule has 2 aromatic rings. The molecule has 0 saturated carbocycles. The van der Waals surface area contributed by atoms with Gasteiger partial charge in [-0.1, -0.05) is 13.8 Å². The summed E-state index contributed by atoms with van der Waals surface area (Å²) in [5.41, 5.74) is 0.670. The van der Waals surface area contributed by atoms with Crippen LogP contribution in [-0.2, 0) is 0 Å². The number of carbonyl (C=O) groups excluding carboxylic acids is 1. The van der Waals surface area contributed by atoms with Crippen molar-refractivity contribution >= 4 is 28.4 Å². The van der Waals surface area contributed by atoms with Crippen LogP contribution in [0.3, 0.4) is 0 Å². The molecule has 2 heterocycles. The first-order valence-corrected chi connectivity index (χ1v) is 6.85. The van der Waals surface area contributed by atoms with Gasteiger partial charge in [0.1, 0.15) is 5.69 Å². The van der Waals surface area contributed by atoms with Crippen LogP contribution in [0.15, 0.2) is 11.6 Å². The van der Waals surface area contributed by atoms with Crippen LogP contribution in [-0.4, -0.2) is 28.8 Å². The van der Waals surface area contributed by atoms with Crippen molar-refractivity contribution in [3.63, 3.8) is 0 Å². The van der Waals surface area contributed by atoms with Gasteiger partial charge in [0.25, 0.3) is 0 Å². The summed E-state index contributed by atoms with van der Waals surface area (Å²) in [7, 11) is 0. The zero-order valence-corrected chi connectivity index (χ0v) is 11.0. The molecule has 2 aromatic heterocycles. The molecule has 0 unspecified atom stereocenters. The summed E-state index contributed by atoms with van der Waals surface area (Å²) < 4.78 is 1.87. The van der Waals surface area contributed by atoms with Crippen molar-refractivity contribution in [1.82, 2.24) is 9.38 Å². The summed E-state index contributed by atoms with van der Waals surface area (Å²) >= 11 is 1.56. The van der Waals surface area contributed by atoms with E-state index in [1.54, 1.807) is 11.3 Å². The quantitative estimate of drug-likeness (QED) is 0.741. The monoisotopic (exact) mass is 251 g/mol. The number of fused-ring (bicyclic) bond motifs is 1. The number of aromatic nitrogens is 2. The van der Waals surface area contributed by atoms with E-state index >= 15 is 0 Å². The molecule has 0 amide bonds. The fraction of sp³-hybridized carbons (Fsp3) is 0.500. The molecule has 0 aliphatic rings. The summed E-state index contributed by atoms with van der Waals surface area (Å²) in [6.07, 6.45) is 4.92. The highest BCUT2D eigenvalue weighted by Crippen LogP contribution is 2.23. The maximum absolute atomic E-state index is 11.2. The molecule has 0 fully saturated rings. The van der Waals surface area contributed by atoms with Gasteiger partial charge in [0.15, 0.2) is 17.1 Å². The first-order valence-electron chi connectivity index (χ1n) is 5.97. The number of aldehydes is 1. The molecule has 17 heavy (non-hydrogen) atoms. The van der Waals surface area contributed by atoms with E-state index in [2.05, 4.69) is 23.7 Å². The van der Waals surface area contributed by atoms with Crippen molar-refractivity contribution in [2.75, 3.05) is 18.0 Å². The summed E-state index contributed by atoms with van der Waals surface area (Å²) in [6, 6.07) is 0. The van der Waals surface area contributed by atoms with Gasteiger partial charge in [-0.25, -0.2) is 4.98 Å². The van der Waals surface area contributed by atoms with Gasteiger partial charge in [-0.2, -0.15) is 0 Å². The van der Waals surface area contributed by atoms with Gasteiger partial charge in [-0.05, 0) is 12.8 Å². The number of carbonyl (C=O) groups is 1.